The summed E-state index contributed by atoms with van der Waals surface area (Å²) in [5.41, 5.74) is 1.14. The van der Waals surface area contributed by atoms with Gasteiger partial charge in [0.05, 0.1) is 0 Å². The molecule has 0 saturated heterocycles. The van der Waals surface area contributed by atoms with Crippen LogP contribution < -0.4 is 5.32 Å². The number of carbonyl (C=O) groups excluding carboxylic acids is 2. The quantitative estimate of drug-likeness (QED) is 0.834. The molecule has 0 radical (unpaired) electrons. The molecule has 26 heavy (non-hydrogen) atoms. The Morgan fingerprint density at radius 1 is 1.35 bits per heavy atom. The Kier molecular flexibility index (Phi) is 5.09. The topological polar surface area (TPSA) is 73.2 Å². The van der Waals surface area contributed by atoms with Gasteiger partial charge in [0.1, 0.15) is 11.3 Å². The number of benzene rings is 1. The summed E-state index contributed by atoms with van der Waals surface area (Å²) in [6, 6.07) is 9.74. The van der Waals surface area contributed by atoms with Crippen LogP contribution in [0.25, 0.3) is 0 Å². The van der Waals surface area contributed by atoms with Gasteiger partial charge in [-0.1, -0.05) is 18.2 Å². The number of hydrogen-bond donors (Lipinski definition) is 1. The zero-order chi connectivity index (χ0) is 18.9. The Bertz CT molecular complexity index is 839. The first kappa shape index (κ1) is 18.5. The molecule has 1 atom stereocenters. The van der Waals surface area contributed by atoms with Crippen molar-refractivity contribution in [1.29, 1.82) is 0 Å². The first-order valence-corrected chi connectivity index (χ1v) is 9.50. The molecule has 1 N–H and O–H groups in total. The second-order valence-corrected chi connectivity index (χ2v) is 8.36. The molecule has 1 aliphatic heterocycles. The van der Waals surface area contributed by atoms with Gasteiger partial charge in [0, 0.05) is 36.2 Å². The first-order chi connectivity index (χ1) is 12.2. The zero-order valence-corrected chi connectivity index (χ0v) is 16.2. The van der Waals surface area contributed by atoms with E-state index in [1.807, 2.05) is 23.9 Å². The van der Waals surface area contributed by atoms with Gasteiger partial charge < -0.3 is 10.1 Å². The summed E-state index contributed by atoms with van der Waals surface area (Å²) in [7, 11) is 1.64. The van der Waals surface area contributed by atoms with Crippen LogP contribution in [0.1, 0.15) is 53.2 Å². The fourth-order valence-corrected chi connectivity index (χ4v) is 4.07. The summed E-state index contributed by atoms with van der Waals surface area (Å²) in [5, 5.41) is 7.07. The Labute approximate surface area is 157 Å². The number of hydrogen-bond acceptors (Lipinski definition) is 5. The van der Waals surface area contributed by atoms with Crippen molar-refractivity contribution in [3.05, 3.63) is 47.3 Å². The Hall–Kier alpha value is -2.28. The zero-order valence-electron chi connectivity index (χ0n) is 15.4. The van der Waals surface area contributed by atoms with E-state index in [4.69, 9.17) is 4.74 Å². The molecule has 0 fully saturated rings. The van der Waals surface area contributed by atoms with Gasteiger partial charge in [0.25, 0.3) is 5.91 Å². The number of amides is 1. The van der Waals surface area contributed by atoms with Crippen LogP contribution in [0.5, 0.6) is 0 Å². The number of carbonyl (C=O) groups is 2. The lowest BCUT2D eigenvalue weighted by molar-refractivity contribution is 0.00619. The molecule has 7 heteroatoms. The highest BCUT2D eigenvalue weighted by Crippen LogP contribution is 2.38. The van der Waals surface area contributed by atoms with E-state index in [1.54, 1.807) is 27.8 Å². The summed E-state index contributed by atoms with van der Waals surface area (Å²) in [5.74, 6) is 0.463. The highest BCUT2D eigenvalue weighted by Gasteiger charge is 2.25. The van der Waals surface area contributed by atoms with Crippen molar-refractivity contribution in [2.24, 2.45) is 7.05 Å². The molecule has 0 spiro atoms. The van der Waals surface area contributed by atoms with Gasteiger partial charge >= 0.3 is 5.97 Å². The van der Waals surface area contributed by atoms with Crippen molar-refractivity contribution in [2.75, 3.05) is 12.3 Å². The van der Waals surface area contributed by atoms with Gasteiger partial charge in [-0.25, -0.2) is 4.79 Å². The Morgan fingerprint density at radius 3 is 2.81 bits per heavy atom. The second-order valence-electron chi connectivity index (χ2n) is 7.30. The van der Waals surface area contributed by atoms with E-state index in [0.717, 1.165) is 5.75 Å². The third-order valence-corrected chi connectivity index (χ3v) is 5.28. The van der Waals surface area contributed by atoms with Crippen molar-refractivity contribution >= 4 is 23.6 Å². The van der Waals surface area contributed by atoms with E-state index >= 15 is 0 Å². The largest absolute Gasteiger partial charge is 0.455 e. The number of fused-ring (bicyclic) bond motifs is 1. The van der Waals surface area contributed by atoms with E-state index in [1.165, 1.54) is 21.2 Å². The minimum absolute atomic E-state index is 0.134. The van der Waals surface area contributed by atoms with E-state index < -0.39 is 11.6 Å². The van der Waals surface area contributed by atoms with E-state index in [0.29, 0.717) is 18.2 Å². The standard InChI is InChI=1S/C19H23N3O3S/c1-19(2,3)25-18(24)14-9-15(22(4)21-14)17(23)20-10-12-11-26-16-8-6-5-7-13(12)16/h5-9,12H,10-11H2,1-4H3,(H,20,23). The molecule has 2 aromatic rings. The number of aromatic nitrogens is 2. The predicted molar refractivity (Wildman–Crippen MR) is 101 cm³/mol. The van der Waals surface area contributed by atoms with Crippen LogP contribution in [0, 0.1) is 0 Å². The fraction of sp³-hybridized carbons (Fsp3) is 0.421. The Balaban J connectivity index is 1.65. The number of esters is 1. The van der Waals surface area contributed by atoms with Gasteiger partial charge in [-0.3, -0.25) is 9.48 Å². The van der Waals surface area contributed by atoms with Crippen LogP contribution in [0.2, 0.25) is 0 Å². The molecule has 138 valence electrons. The maximum absolute atomic E-state index is 12.5. The van der Waals surface area contributed by atoms with Crippen LogP contribution in [-0.4, -0.2) is 39.6 Å². The van der Waals surface area contributed by atoms with Crippen LogP contribution in [0.4, 0.5) is 0 Å². The van der Waals surface area contributed by atoms with Crippen LogP contribution >= 0.6 is 11.8 Å². The molecular weight excluding hydrogens is 350 g/mol. The molecule has 0 aliphatic carbocycles. The van der Waals surface area contributed by atoms with Crippen molar-refractivity contribution in [1.82, 2.24) is 15.1 Å². The van der Waals surface area contributed by atoms with E-state index in [9.17, 15) is 9.59 Å². The molecule has 1 aromatic carbocycles. The van der Waals surface area contributed by atoms with E-state index in [-0.39, 0.29) is 11.6 Å². The summed E-state index contributed by atoms with van der Waals surface area (Å²) in [4.78, 5) is 25.9. The number of ether oxygens (including phenoxy) is 1. The van der Waals surface area contributed by atoms with Crippen LogP contribution in [-0.2, 0) is 11.8 Å². The number of rotatable bonds is 4. The average molecular weight is 373 g/mol. The van der Waals surface area contributed by atoms with Crippen molar-refractivity contribution < 1.29 is 14.3 Å². The molecule has 6 nitrogen and oxygen atoms in total. The number of nitrogens with zero attached hydrogens (tertiary/aromatic N) is 2. The maximum Gasteiger partial charge on any atom is 0.359 e. The minimum Gasteiger partial charge on any atom is -0.455 e. The van der Waals surface area contributed by atoms with Gasteiger partial charge in [0.2, 0.25) is 0 Å². The highest BCUT2D eigenvalue weighted by atomic mass is 32.2. The summed E-state index contributed by atoms with van der Waals surface area (Å²) < 4.78 is 6.71. The smallest absolute Gasteiger partial charge is 0.359 e. The lowest BCUT2D eigenvalue weighted by Crippen LogP contribution is -2.30. The summed E-state index contributed by atoms with van der Waals surface area (Å²) in [6.07, 6.45) is 0. The lowest BCUT2D eigenvalue weighted by atomic mass is 10.0. The molecule has 1 unspecified atom stereocenters. The molecule has 1 aromatic heterocycles. The molecule has 2 heterocycles. The molecule has 0 bridgehead atoms. The van der Waals surface area contributed by atoms with Gasteiger partial charge in [-0.05, 0) is 32.4 Å². The molecule has 0 saturated carbocycles. The molecule has 1 amide bonds. The molecule has 1 aliphatic rings. The van der Waals surface area contributed by atoms with Crippen molar-refractivity contribution in [3.63, 3.8) is 0 Å². The first-order valence-electron chi connectivity index (χ1n) is 8.52. The number of thioether (sulfide) groups is 1. The minimum atomic E-state index is -0.607. The number of aryl methyl sites for hydroxylation is 1. The van der Waals surface area contributed by atoms with Gasteiger partial charge in [-0.2, -0.15) is 5.10 Å². The third kappa shape index (κ3) is 4.09. The van der Waals surface area contributed by atoms with E-state index in [2.05, 4.69) is 22.5 Å². The SMILES string of the molecule is Cn1nc(C(=O)OC(C)(C)C)cc1C(=O)NCC1CSc2ccccc21. The predicted octanol–water partition coefficient (Wildman–Crippen LogP) is 2.99. The van der Waals surface area contributed by atoms with Crippen molar-refractivity contribution in [3.8, 4) is 0 Å². The van der Waals surface area contributed by atoms with Gasteiger partial charge in [0.15, 0.2) is 5.69 Å². The Morgan fingerprint density at radius 2 is 2.08 bits per heavy atom. The molecular formula is C19H23N3O3S. The number of nitrogens with one attached hydrogen (secondary N) is 1. The maximum atomic E-state index is 12.5. The second kappa shape index (κ2) is 7.15. The summed E-state index contributed by atoms with van der Waals surface area (Å²) >= 11 is 1.81. The monoisotopic (exact) mass is 373 g/mol. The highest BCUT2D eigenvalue weighted by molar-refractivity contribution is 7.99. The average Bonchev–Trinajstić information content (AvgIpc) is 3.15. The lowest BCUT2D eigenvalue weighted by Gasteiger charge is -2.18. The third-order valence-electron chi connectivity index (χ3n) is 4.03. The molecule has 3 rings (SSSR count). The fourth-order valence-electron chi connectivity index (χ4n) is 2.81. The van der Waals surface area contributed by atoms with Crippen molar-refractivity contribution in [2.45, 2.75) is 37.2 Å². The van der Waals surface area contributed by atoms with Crippen LogP contribution in [0.15, 0.2) is 35.2 Å². The summed E-state index contributed by atoms with van der Waals surface area (Å²) in [6.45, 7) is 5.92. The van der Waals surface area contributed by atoms with Crippen LogP contribution in [0.3, 0.4) is 0 Å². The van der Waals surface area contributed by atoms with Gasteiger partial charge in [-0.15, -0.1) is 11.8 Å². The normalized spacial score (nSPS) is 16.2.